The van der Waals surface area contributed by atoms with Crippen LogP contribution in [0, 0.1) is 0 Å². The Labute approximate surface area is 133 Å². The second-order valence-electron chi connectivity index (χ2n) is 5.07. The van der Waals surface area contributed by atoms with Crippen LogP contribution in [0.5, 0.6) is 0 Å². The van der Waals surface area contributed by atoms with Crippen molar-refractivity contribution in [3.63, 3.8) is 0 Å². The van der Waals surface area contributed by atoms with Gasteiger partial charge in [-0.25, -0.2) is 0 Å². The van der Waals surface area contributed by atoms with Gasteiger partial charge in [0.25, 0.3) is 5.91 Å². The molecule has 23 heavy (non-hydrogen) atoms. The molecule has 1 heterocycles. The number of nitrogens with one attached hydrogen (secondary N) is 1. The highest BCUT2D eigenvalue weighted by molar-refractivity contribution is 6.03. The number of rotatable bonds is 4. The first-order chi connectivity index (χ1) is 11.1. The zero-order valence-corrected chi connectivity index (χ0v) is 12.5. The fraction of sp³-hybridized carbons (Fsp3) is 0.118. The molecular formula is C17H16N4O2. The van der Waals surface area contributed by atoms with Gasteiger partial charge in [0.1, 0.15) is 0 Å². The first kappa shape index (κ1) is 14.9. The van der Waals surface area contributed by atoms with E-state index < -0.39 is 6.10 Å². The number of aliphatic hydroxyl groups is 1. The molecular weight excluding hydrogens is 292 g/mol. The zero-order chi connectivity index (χ0) is 16.2. The molecule has 1 atom stereocenters. The maximum atomic E-state index is 12.3. The minimum Gasteiger partial charge on any atom is -0.389 e. The Morgan fingerprint density at radius 2 is 1.83 bits per heavy atom. The molecule has 6 nitrogen and oxygen atoms in total. The summed E-state index contributed by atoms with van der Waals surface area (Å²) >= 11 is 0. The molecule has 1 amide bonds. The van der Waals surface area contributed by atoms with Gasteiger partial charge in [-0.1, -0.05) is 36.4 Å². The average molecular weight is 308 g/mol. The average Bonchev–Trinajstić information content (AvgIpc) is 3.06. The van der Waals surface area contributed by atoms with E-state index in [1.807, 2.05) is 36.4 Å². The Morgan fingerprint density at radius 1 is 1.13 bits per heavy atom. The van der Waals surface area contributed by atoms with Crippen molar-refractivity contribution in [2.24, 2.45) is 0 Å². The molecule has 1 unspecified atom stereocenters. The number of benzene rings is 2. The standard InChI is InChI=1S/C17H16N4O2/c1-12(22)14-9-5-6-10-15(14)19-17(23)16-11-18-21(20-16)13-7-3-2-4-8-13/h2-12,22H,1H3,(H,19,23). The van der Waals surface area contributed by atoms with Crippen LogP contribution in [0.25, 0.3) is 5.69 Å². The molecule has 6 heteroatoms. The lowest BCUT2D eigenvalue weighted by atomic mass is 10.1. The molecule has 3 rings (SSSR count). The number of nitrogens with zero attached hydrogens (tertiary/aromatic N) is 3. The van der Waals surface area contributed by atoms with E-state index in [1.165, 1.54) is 11.0 Å². The Morgan fingerprint density at radius 3 is 2.57 bits per heavy atom. The van der Waals surface area contributed by atoms with E-state index in [0.717, 1.165) is 5.69 Å². The number of amides is 1. The van der Waals surface area contributed by atoms with Gasteiger partial charge >= 0.3 is 0 Å². The van der Waals surface area contributed by atoms with Crippen molar-refractivity contribution >= 4 is 11.6 Å². The van der Waals surface area contributed by atoms with E-state index in [4.69, 9.17) is 0 Å². The summed E-state index contributed by atoms with van der Waals surface area (Å²) < 4.78 is 0. The third-order valence-corrected chi connectivity index (χ3v) is 3.37. The third-order valence-electron chi connectivity index (χ3n) is 3.37. The van der Waals surface area contributed by atoms with Crippen molar-refractivity contribution in [2.75, 3.05) is 5.32 Å². The molecule has 0 saturated carbocycles. The molecule has 3 aromatic rings. The lowest BCUT2D eigenvalue weighted by Crippen LogP contribution is -2.15. The summed E-state index contributed by atoms with van der Waals surface area (Å²) in [5.74, 6) is -0.375. The summed E-state index contributed by atoms with van der Waals surface area (Å²) in [5.41, 5.74) is 2.18. The number of aromatic nitrogens is 3. The second kappa shape index (κ2) is 6.41. The molecule has 0 spiro atoms. The predicted octanol–water partition coefficient (Wildman–Crippen LogP) is 2.57. The molecule has 116 valence electrons. The molecule has 0 aliphatic rings. The Balaban J connectivity index is 1.81. The van der Waals surface area contributed by atoms with Crippen molar-refractivity contribution in [3.05, 3.63) is 72.1 Å². The third kappa shape index (κ3) is 3.27. The smallest absolute Gasteiger partial charge is 0.277 e. The van der Waals surface area contributed by atoms with Crippen LogP contribution < -0.4 is 5.32 Å². The predicted molar refractivity (Wildman–Crippen MR) is 86.4 cm³/mol. The number of para-hydroxylation sites is 2. The minimum absolute atomic E-state index is 0.203. The van der Waals surface area contributed by atoms with Crippen molar-refractivity contribution in [2.45, 2.75) is 13.0 Å². The summed E-state index contributed by atoms with van der Waals surface area (Å²) in [5, 5.41) is 20.8. The van der Waals surface area contributed by atoms with Crippen molar-refractivity contribution < 1.29 is 9.90 Å². The molecule has 0 saturated heterocycles. The van der Waals surface area contributed by atoms with E-state index in [2.05, 4.69) is 15.5 Å². The summed E-state index contributed by atoms with van der Waals surface area (Å²) in [6, 6.07) is 16.4. The van der Waals surface area contributed by atoms with Gasteiger partial charge < -0.3 is 10.4 Å². The van der Waals surface area contributed by atoms with Crippen LogP contribution in [-0.2, 0) is 0 Å². The maximum absolute atomic E-state index is 12.3. The lowest BCUT2D eigenvalue weighted by molar-refractivity contribution is 0.102. The number of anilines is 1. The summed E-state index contributed by atoms with van der Waals surface area (Å²) in [4.78, 5) is 13.7. The molecule has 2 N–H and O–H groups in total. The van der Waals surface area contributed by atoms with Crippen LogP contribution >= 0.6 is 0 Å². The SMILES string of the molecule is CC(O)c1ccccc1NC(=O)c1cnn(-c2ccccc2)n1. The summed E-state index contributed by atoms with van der Waals surface area (Å²) in [6.45, 7) is 1.65. The number of hydrogen-bond acceptors (Lipinski definition) is 4. The normalized spacial score (nSPS) is 11.9. The van der Waals surface area contributed by atoms with Gasteiger partial charge in [-0.05, 0) is 25.1 Å². The van der Waals surface area contributed by atoms with Gasteiger partial charge in [-0.3, -0.25) is 4.79 Å². The molecule has 0 aliphatic heterocycles. The van der Waals surface area contributed by atoms with Gasteiger partial charge in [0, 0.05) is 11.3 Å². The summed E-state index contributed by atoms with van der Waals surface area (Å²) in [7, 11) is 0. The van der Waals surface area contributed by atoms with Crippen LogP contribution in [0.1, 0.15) is 29.1 Å². The van der Waals surface area contributed by atoms with Gasteiger partial charge in [0.05, 0.1) is 18.0 Å². The molecule has 0 radical (unpaired) electrons. The fourth-order valence-corrected chi connectivity index (χ4v) is 2.21. The van der Waals surface area contributed by atoms with E-state index in [-0.39, 0.29) is 11.6 Å². The highest BCUT2D eigenvalue weighted by Gasteiger charge is 2.14. The first-order valence-electron chi connectivity index (χ1n) is 7.21. The largest absolute Gasteiger partial charge is 0.389 e. The highest BCUT2D eigenvalue weighted by atomic mass is 16.3. The van der Waals surface area contributed by atoms with Crippen LogP contribution in [0.15, 0.2) is 60.8 Å². The van der Waals surface area contributed by atoms with Crippen LogP contribution in [0.4, 0.5) is 5.69 Å². The van der Waals surface area contributed by atoms with Gasteiger partial charge in [-0.2, -0.15) is 9.90 Å². The lowest BCUT2D eigenvalue weighted by Gasteiger charge is -2.11. The number of hydrogen-bond donors (Lipinski definition) is 2. The van der Waals surface area contributed by atoms with E-state index in [1.54, 1.807) is 25.1 Å². The highest BCUT2D eigenvalue weighted by Crippen LogP contribution is 2.22. The van der Waals surface area contributed by atoms with Gasteiger partial charge in [0.15, 0.2) is 5.69 Å². The van der Waals surface area contributed by atoms with Gasteiger partial charge in [0.2, 0.25) is 0 Å². The number of carbonyl (C=O) groups is 1. The molecule has 1 aromatic heterocycles. The zero-order valence-electron chi connectivity index (χ0n) is 12.5. The van der Waals surface area contributed by atoms with E-state index >= 15 is 0 Å². The molecule has 0 fully saturated rings. The summed E-state index contributed by atoms with van der Waals surface area (Å²) in [6.07, 6.45) is 0.736. The van der Waals surface area contributed by atoms with Crippen LogP contribution in [0.3, 0.4) is 0 Å². The van der Waals surface area contributed by atoms with Crippen LogP contribution in [0.2, 0.25) is 0 Å². The molecule has 0 aliphatic carbocycles. The van der Waals surface area contributed by atoms with Gasteiger partial charge in [-0.15, -0.1) is 5.10 Å². The Bertz CT molecular complexity index is 812. The maximum Gasteiger partial charge on any atom is 0.277 e. The fourth-order valence-electron chi connectivity index (χ4n) is 2.21. The monoisotopic (exact) mass is 308 g/mol. The Kier molecular flexibility index (Phi) is 4.16. The quantitative estimate of drug-likeness (QED) is 0.776. The first-order valence-corrected chi connectivity index (χ1v) is 7.21. The topological polar surface area (TPSA) is 80.0 Å². The second-order valence-corrected chi connectivity index (χ2v) is 5.07. The number of aliphatic hydroxyl groups excluding tert-OH is 1. The minimum atomic E-state index is -0.675. The Hall–Kier alpha value is -2.99. The van der Waals surface area contributed by atoms with Crippen molar-refractivity contribution in [1.29, 1.82) is 0 Å². The van der Waals surface area contributed by atoms with Crippen molar-refractivity contribution in [3.8, 4) is 5.69 Å². The van der Waals surface area contributed by atoms with Crippen molar-refractivity contribution in [1.82, 2.24) is 15.0 Å². The molecule has 0 bridgehead atoms. The van der Waals surface area contributed by atoms with Crippen LogP contribution in [-0.4, -0.2) is 26.0 Å². The van der Waals surface area contributed by atoms with E-state index in [0.29, 0.717) is 11.3 Å². The van der Waals surface area contributed by atoms with E-state index in [9.17, 15) is 9.90 Å². The molecule has 2 aromatic carbocycles. The number of carbonyl (C=O) groups excluding carboxylic acids is 1.